The summed E-state index contributed by atoms with van der Waals surface area (Å²) in [4.78, 5) is 0. The number of rotatable bonds is 9. The van der Waals surface area contributed by atoms with E-state index < -0.39 is 13.7 Å². The average Bonchev–Trinajstić information content (AvgIpc) is 2.24. The van der Waals surface area contributed by atoms with E-state index in [0.717, 1.165) is 12.8 Å². The lowest BCUT2D eigenvalue weighted by molar-refractivity contribution is 0.206. The third-order valence-electron chi connectivity index (χ3n) is 1.96. The third kappa shape index (κ3) is 7.18. The van der Waals surface area contributed by atoms with E-state index in [1.54, 1.807) is 13.8 Å². The lowest BCUT2D eigenvalue weighted by Crippen LogP contribution is -2.02. The van der Waals surface area contributed by atoms with Crippen LogP contribution in [0.25, 0.3) is 0 Å². The first-order valence-corrected chi connectivity index (χ1v) is 7.45. The number of aliphatic hydroxyl groups excluding tert-OH is 1. The van der Waals surface area contributed by atoms with E-state index in [4.69, 9.17) is 9.05 Å². The molecule has 5 heteroatoms. The largest absolute Gasteiger partial charge is 0.389 e. The molecule has 0 saturated heterocycles. The van der Waals surface area contributed by atoms with E-state index in [1.807, 2.05) is 0 Å². The summed E-state index contributed by atoms with van der Waals surface area (Å²) in [6.07, 6.45) is 3.57. The lowest BCUT2D eigenvalue weighted by Gasteiger charge is -2.13. The van der Waals surface area contributed by atoms with Crippen LogP contribution in [-0.2, 0) is 13.6 Å². The van der Waals surface area contributed by atoms with Crippen molar-refractivity contribution in [2.45, 2.75) is 46.1 Å². The molecule has 16 heavy (non-hydrogen) atoms. The molecule has 96 valence electrons. The van der Waals surface area contributed by atoms with Crippen LogP contribution in [0.2, 0.25) is 0 Å². The molecule has 0 aromatic carbocycles. The monoisotopic (exact) mass is 250 g/mol. The van der Waals surface area contributed by atoms with Crippen LogP contribution in [0.4, 0.5) is 0 Å². The summed E-state index contributed by atoms with van der Waals surface area (Å²) in [5, 5.41) is 9.56. The first-order valence-electron chi connectivity index (χ1n) is 5.84. The minimum absolute atomic E-state index is 0.326. The van der Waals surface area contributed by atoms with Gasteiger partial charge in [-0.15, -0.1) is 0 Å². The summed E-state index contributed by atoms with van der Waals surface area (Å²) >= 11 is 0. The second-order valence-electron chi connectivity index (χ2n) is 3.43. The highest BCUT2D eigenvalue weighted by molar-refractivity contribution is 7.57. The van der Waals surface area contributed by atoms with Crippen LogP contribution in [0, 0.1) is 0 Å². The van der Waals surface area contributed by atoms with Gasteiger partial charge in [0.15, 0.2) is 0 Å². The highest BCUT2D eigenvalue weighted by Crippen LogP contribution is 2.49. The zero-order chi connectivity index (χ0) is 12.4. The van der Waals surface area contributed by atoms with Gasteiger partial charge in [-0.1, -0.05) is 19.8 Å². The molecule has 0 unspecified atom stereocenters. The fourth-order valence-electron chi connectivity index (χ4n) is 1.20. The summed E-state index contributed by atoms with van der Waals surface area (Å²) in [7, 11) is -3.15. The molecule has 0 aliphatic heterocycles. The van der Waals surface area contributed by atoms with E-state index in [-0.39, 0.29) is 0 Å². The van der Waals surface area contributed by atoms with Crippen molar-refractivity contribution in [2.24, 2.45) is 0 Å². The first-order chi connectivity index (χ1) is 7.58. The maximum Gasteiger partial charge on any atom is 0.353 e. The van der Waals surface area contributed by atoms with Gasteiger partial charge in [0.1, 0.15) is 0 Å². The molecule has 0 bridgehead atoms. The molecule has 0 saturated carbocycles. The quantitative estimate of drug-likeness (QED) is 0.638. The smallest absolute Gasteiger partial charge is 0.353 e. The minimum atomic E-state index is -3.15. The zero-order valence-corrected chi connectivity index (χ0v) is 11.3. The van der Waals surface area contributed by atoms with Crippen molar-refractivity contribution in [1.29, 1.82) is 0 Å². The van der Waals surface area contributed by atoms with Gasteiger partial charge >= 0.3 is 7.60 Å². The van der Waals surface area contributed by atoms with Crippen molar-refractivity contribution in [3.8, 4) is 0 Å². The Morgan fingerprint density at radius 1 is 1.25 bits per heavy atom. The molecule has 0 aromatic heterocycles. The zero-order valence-electron chi connectivity index (χ0n) is 10.4. The molecule has 0 aliphatic carbocycles. The van der Waals surface area contributed by atoms with E-state index in [9.17, 15) is 9.67 Å². The minimum Gasteiger partial charge on any atom is -0.389 e. The van der Waals surface area contributed by atoms with Crippen LogP contribution in [0.1, 0.15) is 40.0 Å². The van der Waals surface area contributed by atoms with Gasteiger partial charge < -0.3 is 14.2 Å². The van der Waals surface area contributed by atoms with Gasteiger partial charge in [-0.05, 0) is 26.3 Å². The molecule has 0 aliphatic rings. The first kappa shape index (κ1) is 15.9. The van der Waals surface area contributed by atoms with Crippen LogP contribution in [-0.4, -0.2) is 24.4 Å². The highest BCUT2D eigenvalue weighted by Gasteiger charge is 2.19. The van der Waals surface area contributed by atoms with Crippen molar-refractivity contribution < 1.29 is 18.7 Å². The summed E-state index contributed by atoms with van der Waals surface area (Å²) in [6, 6.07) is 0. The fourth-order valence-corrected chi connectivity index (χ4v) is 2.57. The van der Waals surface area contributed by atoms with Gasteiger partial charge in [0.2, 0.25) is 0 Å². The Balaban J connectivity index is 4.26. The van der Waals surface area contributed by atoms with Crippen LogP contribution in [0.15, 0.2) is 11.9 Å². The standard InChI is InChI=1S/C11H23O4P/c1-4-7-8-11(12)9-10-16(13,14-5-2)15-6-3/h9-12H,4-8H2,1-3H3/b10-9+/t11-/m0/s1. The Morgan fingerprint density at radius 2 is 1.81 bits per heavy atom. The summed E-state index contributed by atoms with van der Waals surface area (Å²) in [5.41, 5.74) is 0. The van der Waals surface area contributed by atoms with Gasteiger partial charge in [-0.25, -0.2) is 0 Å². The normalized spacial score (nSPS) is 14.5. The fraction of sp³-hybridized carbons (Fsp3) is 0.818. The van der Waals surface area contributed by atoms with Crippen molar-refractivity contribution in [1.82, 2.24) is 0 Å². The molecule has 1 N–H and O–H groups in total. The van der Waals surface area contributed by atoms with Gasteiger partial charge in [0.05, 0.1) is 19.3 Å². The van der Waals surface area contributed by atoms with Crippen LogP contribution >= 0.6 is 7.60 Å². The number of hydrogen-bond acceptors (Lipinski definition) is 4. The van der Waals surface area contributed by atoms with Crippen LogP contribution in [0.5, 0.6) is 0 Å². The SMILES string of the molecule is CCCC[C@H](O)/C=C/P(=O)(OCC)OCC. The van der Waals surface area contributed by atoms with Gasteiger partial charge in [-0.2, -0.15) is 0 Å². The molecule has 1 atom stereocenters. The Morgan fingerprint density at radius 3 is 2.25 bits per heavy atom. The van der Waals surface area contributed by atoms with Crippen molar-refractivity contribution in [3.63, 3.8) is 0 Å². The summed E-state index contributed by atoms with van der Waals surface area (Å²) in [5.74, 6) is 1.36. The Labute approximate surface area is 98.2 Å². The molecular weight excluding hydrogens is 227 g/mol. The van der Waals surface area contributed by atoms with E-state index >= 15 is 0 Å². The molecular formula is C11H23O4P. The molecule has 0 rings (SSSR count). The van der Waals surface area contributed by atoms with Crippen LogP contribution in [0.3, 0.4) is 0 Å². The molecule has 0 radical (unpaired) electrons. The van der Waals surface area contributed by atoms with Crippen molar-refractivity contribution in [3.05, 3.63) is 11.9 Å². The van der Waals surface area contributed by atoms with Gasteiger partial charge in [-0.3, -0.25) is 4.57 Å². The lowest BCUT2D eigenvalue weighted by atomic mass is 10.2. The van der Waals surface area contributed by atoms with Gasteiger partial charge in [0.25, 0.3) is 0 Å². The average molecular weight is 250 g/mol. The molecule has 4 nitrogen and oxygen atoms in total. The van der Waals surface area contributed by atoms with E-state index in [0.29, 0.717) is 19.6 Å². The van der Waals surface area contributed by atoms with Gasteiger partial charge in [0, 0.05) is 5.82 Å². The second-order valence-corrected chi connectivity index (χ2v) is 5.32. The van der Waals surface area contributed by atoms with Crippen LogP contribution < -0.4 is 0 Å². The molecule has 0 spiro atoms. The Kier molecular flexibility index (Phi) is 8.86. The maximum atomic E-state index is 11.9. The summed E-state index contributed by atoms with van der Waals surface area (Å²) < 4.78 is 22.1. The Hall–Kier alpha value is -0.150. The second kappa shape index (κ2) is 8.94. The number of aliphatic hydroxyl groups is 1. The van der Waals surface area contributed by atoms with E-state index in [2.05, 4.69) is 6.92 Å². The predicted molar refractivity (Wildman–Crippen MR) is 65.5 cm³/mol. The maximum absolute atomic E-state index is 11.9. The topological polar surface area (TPSA) is 55.8 Å². The number of unbranched alkanes of at least 4 members (excludes halogenated alkanes) is 1. The highest BCUT2D eigenvalue weighted by atomic mass is 31.2. The number of hydrogen-bond donors (Lipinski definition) is 1. The molecule has 0 fully saturated rings. The Bertz CT molecular complexity index is 230. The van der Waals surface area contributed by atoms with Crippen molar-refractivity contribution >= 4 is 7.60 Å². The predicted octanol–water partition coefficient (Wildman–Crippen LogP) is 3.32. The molecule has 0 aromatic rings. The van der Waals surface area contributed by atoms with E-state index in [1.165, 1.54) is 11.9 Å². The van der Waals surface area contributed by atoms with Crippen molar-refractivity contribution in [2.75, 3.05) is 13.2 Å². The summed E-state index contributed by atoms with van der Waals surface area (Å²) in [6.45, 7) is 6.22. The molecule has 0 amide bonds. The molecule has 0 heterocycles. The third-order valence-corrected chi connectivity index (χ3v) is 3.74.